The Morgan fingerprint density at radius 1 is 1.27 bits per heavy atom. The third-order valence-corrected chi connectivity index (χ3v) is 5.77. The quantitative estimate of drug-likeness (QED) is 0.313. The Balaban J connectivity index is 2.37. The van der Waals surface area contributed by atoms with Crippen LogP contribution >= 0.6 is 7.60 Å². The molecule has 1 aromatic heterocycles. The van der Waals surface area contributed by atoms with Crippen LogP contribution in [0.3, 0.4) is 0 Å². The van der Waals surface area contributed by atoms with Crippen molar-refractivity contribution in [3.05, 3.63) is 32.6 Å². The maximum Gasteiger partial charge on any atom is 0.405 e. The number of rotatable bonds is 9. The van der Waals surface area contributed by atoms with E-state index in [1.807, 2.05) is 0 Å². The number of methoxy groups -OCH3 is 1. The maximum absolute atomic E-state index is 12.6. The monoisotopic (exact) mass is 446 g/mol. The first-order chi connectivity index (χ1) is 14.3. The molecule has 1 aliphatic heterocycles. The molecule has 0 radical (unpaired) electrons. The summed E-state index contributed by atoms with van der Waals surface area (Å²) in [5.41, 5.74) is 1.43. The lowest BCUT2D eigenvalue weighted by atomic mass is 10.1. The van der Waals surface area contributed by atoms with Gasteiger partial charge in [0.1, 0.15) is 18.3 Å². The third kappa shape index (κ3) is 5.89. The summed E-state index contributed by atoms with van der Waals surface area (Å²) >= 11 is 0. The van der Waals surface area contributed by atoms with Crippen LogP contribution in [-0.2, 0) is 27.8 Å². The van der Waals surface area contributed by atoms with Crippen LogP contribution in [0.2, 0.25) is 0 Å². The molecular formula is C18H27N2O9P. The molecule has 1 saturated heterocycles. The van der Waals surface area contributed by atoms with Gasteiger partial charge in [0.05, 0.1) is 26.4 Å². The number of nitrogens with one attached hydrogen (secondary N) is 1. The molecule has 4 atom stereocenters. The minimum absolute atomic E-state index is 0.117. The smallest absolute Gasteiger partial charge is 0.386 e. The number of aliphatic hydroxyl groups is 1. The van der Waals surface area contributed by atoms with Gasteiger partial charge in [0.15, 0.2) is 6.23 Å². The third-order valence-electron chi connectivity index (χ3n) is 4.17. The Morgan fingerprint density at radius 2 is 1.93 bits per heavy atom. The number of aromatic amines is 1. The van der Waals surface area contributed by atoms with Crippen molar-refractivity contribution in [1.82, 2.24) is 9.55 Å². The summed E-state index contributed by atoms with van der Waals surface area (Å²) < 4.78 is 40.2. The van der Waals surface area contributed by atoms with E-state index in [-0.39, 0.29) is 32.0 Å². The number of nitrogens with zero attached hydrogens (tertiary/aromatic N) is 1. The normalized spacial score (nSPS) is 23.9. The predicted molar refractivity (Wildman–Crippen MR) is 106 cm³/mol. The number of ether oxygens (including phenoxy) is 3. The zero-order valence-corrected chi connectivity index (χ0v) is 18.2. The van der Waals surface area contributed by atoms with Crippen LogP contribution in [-0.4, -0.2) is 66.5 Å². The van der Waals surface area contributed by atoms with Crippen LogP contribution in [0.5, 0.6) is 0 Å². The van der Waals surface area contributed by atoms with Gasteiger partial charge in [-0.1, -0.05) is 5.92 Å². The van der Waals surface area contributed by atoms with Gasteiger partial charge in [-0.05, 0) is 20.8 Å². The number of aryl methyl sites for hydroxylation is 1. The van der Waals surface area contributed by atoms with E-state index in [2.05, 4.69) is 16.6 Å². The first-order valence-electron chi connectivity index (χ1n) is 9.44. The van der Waals surface area contributed by atoms with Crippen molar-refractivity contribution in [1.29, 1.82) is 0 Å². The molecule has 1 aromatic rings. The SMILES string of the molecule is CCOP(=O)(C#C[C@H]1O[C@@H](n2cc(C)c(=O)[nH]c2=O)[C@H](OCCOC)[C@@H]1O)OCC. The summed E-state index contributed by atoms with van der Waals surface area (Å²) in [5, 5.41) is 10.7. The first-order valence-corrected chi connectivity index (χ1v) is 11.0. The van der Waals surface area contributed by atoms with Gasteiger partial charge in [-0.25, -0.2) is 9.36 Å². The number of aromatic nitrogens is 2. The largest absolute Gasteiger partial charge is 0.405 e. The zero-order chi connectivity index (χ0) is 22.3. The van der Waals surface area contributed by atoms with Crippen molar-refractivity contribution in [2.75, 3.05) is 33.5 Å². The Kier molecular flexibility index (Phi) is 9.00. The Labute approximate surface area is 173 Å². The first kappa shape index (κ1) is 24.5. The summed E-state index contributed by atoms with van der Waals surface area (Å²) in [4.78, 5) is 26.2. The van der Waals surface area contributed by atoms with E-state index in [0.717, 1.165) is 4.57 Å². The highest BCUT2D eigenvalue weighted by atomic mass is 31.2. The second-order valence-corrected chi connectivity index (χ2v) is 8.07. The van der Waals surface area contributed by atoms with Crippen molar-refractivity contribution < 1.29 is 32.9 Å². The number of H-pyrrole nitrogens is 1. The second-order valence-electron chi connectivity index (χ2n) is 6.33. The molecular weight excluding hydrogens is 419 g/mol. The van der Waals surface area contributed by atoms with E-state index in [1.165, 1.54) is 20.2 Å². The lowest BCUT2D eigenvalue weighted by Crippen LogP contribution is -2.40. The highest BCUT2D eigenvalue weighted by molar-refractivity contribution is 7.59. The van der Waals surface area contributed by atoms with E-state index >= 15 is 0 Å². The van der Waals surface area contributed by atoms with E-state index in [4.69, 9.17) is 23.3 Å². The van der Waals surface area contributed by atoms with Gasteiger partial charge in [0, 0.05) is 24.5 Å². The minimum Gasteiger partial charge on any atom is -0.386 e. The number of aliphatic hydroxyl groups excluding tert-OH is 1. The molecule has 0 bridgehead atoms. The van der Waals surface area contributed by atoms with Crippen molar-refractivity contribution in [3.63, 3.8) is 0 Å². The molecule has 2 heterocycles. The summed E-state index contributed by atoms with van der Waals surface area (Å²) in [6.45, 7) is 5.43. The lowest BCUT2D eigenvalue weighted by Gasteiger charge is -2.22. The van der Waals surface area contributed by atoms with Crippen LogP contribution in [0.1, 0.15) is 25.6 Å². The zero-order valence-electron chi connectivity index (χ0n) is 17.3. The summed E-state index contributed by atoms with van der Waals surface area (Å²) in [6.07, 6.45) is -3.20. The Bertz CT molecular complexity index is 922. The van der Waals surface area contributed by atoms with E-state index in [1.54, 1.807) is 13.8 Å². The average molecular weight is 446 g/mol. The van der Waals surface area contributed by atoms with Gasteiger partial charge in [0.25, 0.3) is 5.56 Å². The molecule has 1 fully saturated rings. The lowest BCUT2D eigenvalue weighted by molar-refractivity contribution is -0.0781. The molecule has 168 valence electrons. The number of hydrogen-bond acceptors (Lipinski definition) is 9. The van der Waals surface area contributed by atoms with Crippen LogP contribution in [0.15, 0.2) is 15.8 Å². The molecule has 0 saturated carbocycles. The highest BCUT2D eigenvalue weighted by Crippen LogP contribution is 2.47. The second kappa shape index (κ2) is 11.0. The Hall–Kier alpha value is -1.77. The standard InChI is InChI=1S/C18H27N2O9P/c1-5-27-30(24,28-6-2)10-7-13-14(21)15(26-9-8-25-4)17(29-13)20-11-12(3)16(22)19-18(20)23/h11,13-15,17,21H,5-6,8-9H2,1-4H3,(H,19,22,23)/t13-,14-,15-,17-/m1/s1. The molecule has 0 unspecified atom stereocenters. The Morgan fingerprint density at radius 3 is 2.53 bits per heavy atom. The molecule has 0 spiro atoms. The van der Waals surface area contributed by atoms with Crippen molar-refractivity contribution >= 4 is 7.60 Å². The van der Waals surface area contributed by atoms with Crippen molar-refractivity contribution in [2.24, 2.45) is 0 Å². The molecule has 30 heavy (non-hydrogen) atoms. The van der Waals surface area contributed by atoms with E-state index < -0.39 is 43.4 Å². The van der Waals surface area contributed by atoms with Gasteiger partial charge in [-0.2, -0.15) is 0 Å². The molecule has 0 aliphatic carbocycles. The van der Waals surface area contributed by atoms with Gasteiger partial charge >= 0.3 is 13.3 Å². The van der Waals surface area contributed by atoms with Gasteiger partial charge in [-0.15, -0.1) is 0 Å². The summed E-state index contributed by atoms with van der Waals surface area (Å²) in [6, 6.07) is 0. The van der Waals surface area contributed by atoms with Crippen molar-refractivity contribution in [2.45, 2.75) is 45.3 Å². The summed E-state index contributed by atoms with van der Waals surface area (Å²) in [7, 11) is -2.20. The van der Waals surface area contributed by atoms with Crippen molar-refractivity contribution in [3.8, 4) is 11.6 Å². The van der Waals surface area contributed by atoms with E-state index in [9.17, 15) is 19.3 Å². The fourth-order valence-electron chi connectivity index (χ4n) is 2.80. The highest BCUT2D eigenvalue weighted by Gasteiger charge is 2.45. The van der Waals surface area contributed by atoms with Crippen LogP contribution in [0.25, 0.3) is 0 Å². The van der Waals surface area contributed by atoms with Crippen LogP contribution in [0.4, 0.5) is 0 Å². The molecule has 1 aliphatic rings. The molecule has 0 amide bonds. The molecule has 2 N–H and O–H groups in total. The van der Waals surface area contributed by atoms with E-state index in [0.29, 0.717) is 0 Å². The fraction of sp³-hybridized carbons (Fsp3) is 0.667. The van der Waals surface area contributed by atoms with Gasteiger partial charge in [-0.3, -0.25) is 23.4 Å². The fourth-order valence-corrected chi connectivity index (χ4v) is 3.97. The number of hydrogen-bond donors (Lipinski definition) is 2. The predicted octanol–water partition coefficient (Wildman–Crippen LogP) is 0.362. The molecule has 12 heteroatoms. The topological polar surface area (TPSA) is 138 Å². The maximum atomic E-state index is 12.6. The molecule has 11 nitrogen and oxygen atoms in total. The van der Waals surface area contributed by atoms with Crippen LogP contribution in [0, 0.1) is 18.5 Å². The van der Waals surface area contributed by atoms with Gasteiger partial charge < -0.3 is 19.3 Å². The average Bonchev–Trinajstić information content (AvgIpc) is 2.99. The molecule has 2 rings (SSSR count). The van der Waals surface area contributed by atoms with Gasteiger partial charge in [0.2, 0.25) is 0 Å². The molecule has 0 aromatic carbocycles. The minimum atomic E-state index is -3.69. The summed E-state index contributed by atoms with van der Waals surface area (Å²) in [5.74, 6) is 2.57. The van der Waals surface area contributed by atoms with Crippen LogP contribution < -0.4 is 11.2 Å².